The van der Waals surface area contributed by atoms with Gasteiger partial charge in [0.2, 0.25) is 17.4 Å². The second-order valence-corrected chi connectivity index (χ2v) is 25.8. The molecule has 73 heavy (non-hydrogen) atoms. The first-order valence-corrected chi connectivity index (χ1v) is 29.0. The van der Waals surface area contributed by atoms with Gasteiger partial charge in [-0.1, -0.05) is 41.5 Å². The Labute approximate surface area is 433 Å². The van der Waals surface area contributed by atoms with Crippen molar-refractivity contribution in [2.45, 2.75) is 211 Å². The molecule has 416 valence electrons. The molecule has 3 saturated carbocycles. The average molecular weight is 1040 g/mol. The fraction of sp³-hybridized carbons (Fsp3) is 1.00. The van der Waals surface area contributed by atoms with E-state index in [1.165, 1.54) is 0 Å². The van der Waals surface area contributed by atoms with E-state index in [-0.39, 0.29) is 54.0 Å². The van der Waals surface area contributed by atoms with Crippen molar-refractivity contribution < 1.29 is 77.1 Å². The van der Waals surface area contributed by atoms with Gasteiger partial charge in [-0.2, -0.15) is 0 Å². The fourth-order valence-electron chi connectivity index (χ4n) is 17.2. The Balaban J connectivity index is 0.707. The molecule has 18 heteroatoms. The highest BCUT2D eigenvalue weighted by molar-refractivity contribution is 5.12. The molecule has 0 aromatic carbocycles. The predicted octanol–water partition coefficient (Wildman–Crippen LogP) is 7.26. The number of fused-ring (bicyclic) bond motifs is 6. The van der Waals surface area contributed by atoms with Crippen molar-refractivity contribution in [1.82, 2.24) is 9.80 Å². The van der Waals surface area contributed by atoms with Gasteiger partial charge < -0.3 is 47.7 Å². The predicted molar refractivity (Wildman–Crippen MR) is 258 cm³/mol. The number of nitrogens with zero attached hydrogens (tertiary/aromatic N) is 2. The van der Waals surface area contributed by atoms with Crippen LogP contribution in [0.3, 0.4) is 0 Å². The summed E-state index contributed by atoms with van der Waals surface area (Å²) < 4.78 is 60.5. The summed E-state index contributed by atoms with van der Waals surface area (Å²) in [4.78, 5) is 42.1. The van der Waals surface area contributed by atoms with Crippen LogP contribution in [0.5, 0.6) is 0 Å². The maximum absolute atomic E-state index is 10.4. The molecule has 3 spiro atoms. The zero-order valence-electron chi connectivity index (χ0n) is 45.4. The number of ether oxygens (including phenoxy) is 9. The first kappa shape index (κ1) is 53.0. The van der Waals surface area contributed by atoms with E-state index < -0.39 is 71.9 Å². The Morgan fingerprint density at radius 3 is 1.03 bits per heavy atom. The van der Waals surface area contributed by atoms with Crippen molar-refractivity contribution in [2.75, 3.05) is 65.7 Å². The molecule has 0 aromatic heterocycles. The van der Waals surface area contributed by atoms with Crippen LogP contribution in [-0.4, -0.2) is 153 Å². The smallest absolute Gasteiger partial charge is 0.201 e. The Hall–Kier alpha value is -0.720. The van der Waals surface area contributed by atoms with Gasteiger partial charge in [0.15, 0.2) is 54.5 Å². The van der Waals surface area contributed by atoms with E-state index in [1.807, 2.05) is 20.8 Å². The molecule has 6 bridgehead atoms. The van der Waals surface area contributed by atoms with Gasteiger partial charge in [-0.3, -0.25) is 9.80 Å². The molecule has 3 unspecified atom stereocenters. The van der Waals surface area contributed by atoms with Crippen molar-refractivity contribution in [3.8, 4) is 0 Å². The van der Waals surface area contributed by atoms with Gasteiger partial charge in [0.25, 0.3) is 0 Å². The second-order valence-electron chi connectivity index (χ2n) is 25.8. The molecule has 18 nitrogen and oxygen atoms in total. The molecular formula is C55H90N2O16. The fourth-order valence-corrected chi connectivity index (χ4v) is 17.2. The molecule has 15 aliphatic rings. The van der Waals surface area contributed by atoms with Crippen LogP contribution >= 0.6 is 0 Å². The lowest BCUT2D eigenvalue weighted by molar-refractivity contribution is -0.577. The van der Waals surface area contributed by atoms with E-state index in [0.717, 1.165) is 77.0 Å². The molecule has 3 aliphatic carbocycles. The van der Waals surface area contributed by atoms with Crippen molar-refractivity contribution >= 4 is 0 Å². The van der Waals surface area contributed by atoms with E-state index >= 15 is 0 Å². The highest BCUT2D eigenvalue weighted by Gasteiger charge is 2.72. The van der Waals surface area contributed by atoms with Crippen LogP contribution < -0.4 is 0 Å². The van der Waals surface area contributed by atoms with E-state index in [0.29, 0.717) is 82.8 Å². The van der Waals surface area contributed by atoms with E-state index in [2.05, 4.69) is 51.3 Å². The Bertz CT molecular complexity index is 1860. The largest absolute Gasteiger partial charge is 0.395 e. The SMILES string of the molecule is C[C@@H]1CC[C@H]2[C@@H](C)C(OCCN(CCO)CCN(CCOC3O[C@@H]4O[C@]5(C)CC[C@H]6[C@H](C)CC[C@@H]([C@H]3C)[C@@]46OO5)CCOC3O[C@@H]4O[C@]5(C)CC[C@H]6[C@H](C)CC[C@@H]([C@H]3C)[C@@]46OO5)O[C@@H]3O[C@]4(C)CC[C@@H]1[C@]32OO4. The van der Waals surface area contributed by atoms with Crippen LogP contribution in [0.4, 0.5) is 0 Å². The third-order valence-corrected chi connectivity index (χ3v) is 21.5. The van der Waals surface area contributed by atoms with Gasteiger partial charge >= 0.3 is 0 Å². The minimum absolute atomic E-state index is 0.0328. The molecule has 24 atom stereocenters. The van der Waals surface area contributed by atoms with Gasteiger partial charge in [0.1, 0.15) is 0 Å². The van der Waals surface area contributed by atoms with Gasteiger partial charge in [0, 0.05) is 94.0 Å². The van der Waals surface area contributed by atoms with Crippen LogP contribution in [0.25, 0.3) is 0 Å². The van der Waals surface area contributed by atoms with Crippen LogP contribution in [0.2, 0.25) is 0 Å². The Morgan fingerprint density at radius 1 is 0.397 bits per heavy atom. The number of aliphatic hydroxyl groups is 1. The lowest BCUT2D eigenvalue weighted by Crippen LogP contribution is -2.70. The van der Waals surface area contributed by atoms with Crippen LogP contribution in [-0.2, 0) is 72.0 Å². The van der Waals surface area contributed by atoms with Gasteiger partial charge in [-0.15, -0.1) is 0 Å². The van der Waals surface area contributed by atoms with Gasteiger partial charge in [-0.05, 0) is 114 Å². The highest BCUT2D eigenvalue weighted by Crippen LogP contribution is 2.64. The molecule has 1 N–H and O–H groups in total. The minimum atomic E-state index is -0.850. The van der Waals surface area contributed by atoms with Crippen LogP contribution in [0.1, 0.15) is 139 Å². The molecule has 12 aliphatic heterocycles. The standard InChI is InChI=1S/C55H90N2O16/c1-32-10-13-41-35(4)44(62-47-53(41)38(32)16-19-50(7,65-47)68-71-53)59-29-25-56(24-28-58)22-23-57(26-30-60-45-36(5)42-14-11-33(2)39-17-20-51(8)66-48(63-45)54(39,42)72-69-51)27-31-61-46-37(6)43-15-12-34(3)40-18-21-52(9)67-49(64-46)55(40,43)73-70-52/h32-49,58H,10-31H2,1-9H3/t32-,33-,34-,35-,36-,37-,38+,39+,40+,41+,42+,43+,44?,45?,46?,47-,48-,49-,50+,51+,52+,53-,54-,55-/m1/s1. The minimum Gasteiger partial charge on any atom is -0.395 e. The molecule has 0 amide bonds. The van der Waals surface area contributed by atoms with Gasteiger partial charge in [0.05, 0.1) is 26.4 Å². The van der Waals surface area contributed by atoms with Gasteiger partial charge in [-0.25, -0.2) is 29.3 Å². The maximum Gasteiger partial charge on any atom is 0.201 e. The van der Waals surface area contributed by atoms with Crippen molar-refractivity contribution in [1.29, 1.82) is 0 Å². The normalized spacial score (nSPS) is 53.6. The summed E-state index contributed by atoms with van der Waals surface area (Å²) >= 11 is 0. The summed E-state index contributed by atoms with van der Waals surface area (Å²) in [7, 11) is 0. The zero-order chi connectivity index (χ0) is 50.7. The summed E-state index contributed by atoms with van der Waals surface area (Å²) in [5.41, 5.74) is -1.92. The summed E-state index contributed by atoms with van der Waals surface area (Å²) in [5, 5.41) is 10.4. The molecule has 15 fully saturated rings. The van der Waals surface area contributed by atoms with Crippen molar-refractivity contribution in [2.24, 2.45) is 71.0 Å². The summed E-state index contributed by atoms with van der Waals surface area (Å²) in [6.07, 6.45) is 8.63. The Kier molecular flexibility index (Phi) is 14.6. The van der Waals surface area contributed by atoms with E-state index in [4.69, 9.17) is 72.0 Å². The zero-order valence-corrected chi connectivity index (χ0v) is 45.4. The topological polar surface area (TPSA) is 165 Å². The Morgan fingerprint density at radius 2 is 0.712 bits per heavy atom. The molecule has 0 radical (unpaired) electrons. The number of aliphatic hydroxyl groups excluding tert-OH is 1. The third kappa shape index (κ3) is 8.88. The second kappa shape index (κ2) is 20.1. The van der Waals surface area contributed by atoms with E-state index in [9.17, 15) is 5.11 Å². The number of hydrogen-bond acceptors (Lipinski definition) is 18. The monoisotopic (exact) mass is 1030 g/mol. The summed E-state index contributed by atoms with van der Waals surface area (Å²) in [6.45, 7) is 24.8. The first-order valence-electron chi connectivity index (χ1n) is 29.0. The van der Waals surface area contributed by atoms with Crippen molar-refractivity contribution in [3.63, 3.8) is 0 Å². The first-order chi connectivity index (χ1) is 35.0. The lowest BCUT2D eigenvalue weighted by Gasteiger charge is -2.60. The molecule has 12 heterocycles. The average Bonchev–Trinajstić information content (AvgIpc) is 3.85. The van der Waals surface area contributed by atoms with Crippen LogP contribution in [0, 0.1) is 71.0 Å². The third-order valence-electron chi connectivity index (χ3n) is 21.5. The van der Waals surface area contributed by atoms with Crippen molar-refractivity contribution in [3.05, 3.63) is 0 Å². The number of hydrogen-bond donors (Lipinski definition) is 1. The molecule has 15 rings (SSSR count). The van der Waals surface area contributed by atoms with Crippen LogP contribution in [0.15, 0.2) is 0 Å². The summed E-state index contributed by atoms with van der Waals surface area (Å²) in [5.74, 6) is 0.564. The maximum atomic E-state index is 10.4. The molecular weight excluding hydrogens is 945 g/mol. The molecule has 0 aromatic rings. The number of rotatable bonds is 17. The van der Waals surface area contributed by atoms with E-state index in [1.54, 1.807) is 0 Å². The lowest BCUT2D eigenvalue weighted by atomic mass is 9.58. The molecule has 12 saturated heterocycles. The highest BCUT2D eigenvalue weighted by atomic mass is 17.3. The quantitative estimate of drug-likeness (QED) is 0.145. The summed E-state index contributed by atoms with van der Waals surface area (Å²) in [6, 6.07) is 0.